The topological polar surface area (TPSA) is 54.0 Å². The molecule has 1 saturated carbocycles. The molecule has 0 aromatic carbocycles. The third-order valence-electron chi connectivity index (χ3n) is 4.95. The van der Waals surface area contributed by atoms with Crippen LogP contribution < -0.4 is 5.32 Å². The summed E-state index contributed by atoms with van der Waals surface area (Å²) in [6.07, 6.45) is 5.40. The van der Waals surface area contributed by atoms with Crippen molar-refractivity contribution in [3.63, 3.8) is 0 Å². The minimum atomic E-state index is -0.0152. The zero-order valence-electron chi connectivity index (χ0n) is 14.8. The maximum Gasteiger partial charge on any atom is 0.317 e. The highest BCUT2D eigenvalue weighted by Gasteiger charge is 2.21. The monoisotopic (exact) mass is 327 g/mol. The van der Waals surface area contributed by atoms with Gasteiger partial charge >= 0.3 is 6.03 Å². The van der Waals surface area contributed by atoms with Gasteiger partial charge in [0.05, 0.1) is 25.9 Å². The lowest BCUT2D eigenvalue weighted by molar-refractivity contribution is -0.00272. The van der Waals surface area contributed by atoms with Crippen molar-refractivity contribution in [3.05, 3.63) is 0 Å². The number of hydrogen-bond acceptors (Lipinski definition) is 4. The molecule has 0 radical (unpaired) electrons. The first-order valence-corrected chi connectivity index (χ1v) is 9.07. The Hall–Kier alpha value is -0.850. The second-order valence-corrected chi connectivity index (χ2v) is 6.78. The minimum absolute atomic E-state index is 0.0152. The van der Waals surface area contributed by atoms with E-state index >= 15 is 0 Å². The quantitative estimate of drug-likeness (QED) is 0.721. The zero-order valence-corrected chi connectivity index (χ0v) is 14.8. The third-order valence-corrected chi connectivity index (χ3v) is 4.95. The largest absolute Gasteiger partial charge is 0.379 e. The van der Waals surface area contributed by atoms with Crippen LogP contribution >= 0.6 is 0 Å². The molecule has 2 fully saturated rings. The molecule has 1 aliphatic heterocycles. The molecular formula is C17H33N3O3. The number of amides is 2. The number of carbonyl (C=O) groups is 1. The fourth-order valence-corrected chi connectivity index (χ4v) is 3.25. The molecule has 2 amide bonds. The second kappa shape index (κ2) is 10.1. The van der Waals surface area contributed by atoms with Gasteiger partial charge in [0, 0.05) is 39.8 Å². The maximum atomic E-state index is 12.0. The second-order valence-electron chi connectivity index (χ2n) is 6.78. The van der Waals surface area contributed by atoms with E-state index in [-0.39, 0.29) is 6.03 Å². The number of carbonyl (C=O) groups excluding carboxylic acids is 1. The van der Waals surface area contributed by atoms with Crippen molar-refractivity contribution < 1.29 is 14.3 Å². The van der Waals surface area contributed by atoms with Crippen LogP contribution in [0.25, 0.3) is 0 Å². The molecule has 6 heteroatoms. The normalized spacial score (nSPS) is 26.0. The van der Waals surface area contributed by atoms with Crippen LogP contribution in [0.2, 0.25) is 0 Å². The average Bonchev–Trinajstić information content (AvgIpc) is 2.58. The lowest BCUT2D eigenvalue weighted by Crippen LogP contribution is -2.45. The Balaban J connectivity index is 1.53. The van der Waals surface area contributed by atoms with E-state index in [0.717, 1.165) is 45.8 Å². The van der Waals surface area contributed by atoms with Gasteiger partial charge in [-0.1, -0.05) is 19.8 Å². The highest BCUT2D eigenvalue weighted by molar-refractivity contribution is 5.73. The van der Waals surface area contributed by atoms with Gasteiger partial charge in [0.15, 0.2) is 0 Å². The van der Waals surface area contributed by atoms with Gasteiger partial charge in [-0.2, -0.15) is 0 Å². The van der Waals surface area contributed by atoms with Crippen LogP contribution in [0.15, 0.2) is 0 Å². The van der Waals surface area contributed by atoms with Crippen molar-refractivity contribution in [3.8, 4) is 0 Å². The number of ether oxygens (including phenoxy) is 2. The predicted octanol–water partition coefficient (Wildman–Crippen LogP) is 1.56. The van der Waals surface area contributed by atoms with Gasteiger partial charge in [-0.3, -0.25) is 4.90 Å². The zero-order chi connectivity index (χ0) is 16.5. The van der Waals surface area contributed by atoms with Crippen LogP contribution in [0.1, 0.15) is 32.6 Å². The Morgan fingerprint density at radius 3 is 2.78 bits per heavy atom. The van der Waals surface area contributed by atoms with E-state index in [1.807, 2.05) is 7.05 Å². The highest BCUT2D eigenvalue weighted by atomic mass is 16.5. The molecule has 0 bridgehead atoms. The van der Waals surface area contributed by atoms with Gasteiger partial charge in [-0.05, 0) is 18.8 Å². The highest BCUT2D eigenvalue weighted by Crippen LogP contribution is 2.25. The Kier molecular flexibility index (Phi) is 8.12. The molecule has 23 heavy (non-hydrogen) atoms. The van der Waals surface area contributed by atoms with E-state index in [4.69, 9.17) is 9.47 Å². The van der Waals surface area contributed by atoms with Crippen molar-refractivity contribution in [1.82, 2.24) is 15.1 Å². The lowest BCUT2D eigenvalue weighted by Gasteiger charge is -2.29. The summed E-state index contributed by atoms with van der Waals surface area (Å²) in [5, 5.41) is 2.94. The SMILES string of the molecule is CC1CCCCC1OCCNC(=O)N(C)CCN1CCOCC1. The van der Waals surface area contributed by atoms with Crippen molar-refractivity contribution in [2.75, 3.05) is 59.6 Å². The number of nitrogens with zero attached hydrogens (tertiary/aromatic N) is 2. The standard InChI is InChI=1S/C17H33N3O3/c1-15-5-3-4-6-16(15)23-12-7-18-17(21)19(2)8-9-20-10-13-22-14-11-20/h15-16H,3-14H2,1-2H3,(H,18,21). The fourth-order valence-electron chi connectivity index (χ4n) is 3.25. The molecule has 1 saturated heterocycles. The van der Waals surface area contributed by atoms with E-state index in [0.29, 0.717) is 25.2 Å². The molecule has 0 aromatic heterocycles. The molecule has 2 atom stereocenters. The number of hydrogen-bond donors (Lipinski definition) is 1. The van der Waals surface area contributed by atoms with E-state index < -0.39 is 0 Å². The van der Waals surface area contributed by atoms with Crippen LogP contribution in [0.4, 0.5) is 4.79 Å². The molecule has 1 N–H and O–H groups in total. The van der Waals surface area contributed by atoms with Gasteiger partial charge in [0.2, 0.25) is 0 Å². The third kappa shape index (κ3) is 6.65. The Morgan fingerprint density at radius 1 is 1.30 bits per heavy atom. The Labute approximate surface area is 140 Å². The smallest absolute Gasteiger partial charge is 0.317 e. The molecule has 0 aromatic rings. The number of nitrogens with one attached hydrogen (secondary N) is 1. The average molecular weight is 327 g/mol. The molecule has 2 rings (SSSR count). The molecule has 6 nitrogen and oxygen atoms in total. The van der Waals surface area contributed by atoms with Crippen molar-refractivity contribution in [2.24, 2.45) is 5.92 Å². The number of likely N-dealkylation sites (N-methyl/N-ethyl adjacent to an activating group) is 1. The summed E-state index contributed by atoms with van der Waals surface area (Å²) in [6, 6.07) is -0.0152. The molecule has 134 valence electrons. The summed E-state index contributed by atoms with van der Waals surface area (Å²) >= 11 is 0. The number of rotatable bonds is 7. The Bertz CT molecular complexity index is 348. The van der Waals surface area contributed by atoms with Gasteiger partial charge < -0.3 is 19.7 Å². The van der Waals surface area contributed by atoms with Crippen LogP contribution in [-0.4, -0.2) is 81.5 Å². The van der Waals surface area contributed by atoms with E-state index in [1.54, 1.807) is 4.90 Å². The van der Waals surface area contributed by atoms with Crippen LogP contribution in [0.3, 0.4) is 0 Å². The summed E-state index contributed by atoms with van der Waals surface area (Å²) in [7, 11) is 1.85. The summed E-state index contributed by atoms with van der Waals surface area (Å²) in [4.78, 5) is 16.1. The van der Waals surface area contributed by atoms with E-state index in [9.17, 15) is 4.79 Å². The van der Waals surface area contributed by atoms with Crippen LogP contribution in [0, 0.1) is 5.92 Å². The summed E-state index contributed by atoms with van der Waals surface area (Å²) in [5.41, 5.74) is 0. The van der Waals surface area contributed by atoms with Crippen LogP contribution in [0.5, 0.6) is 0 Å². The molecule has 1 aliphatic carbocycles. The van der Waals surface area contributed by atoms with Crippen molar-refractivity contribution in [1.29, 1.82) is 0 Å². The van der Waals surface area contributed by atoms with Crippen molar-refractivity contribution in [2.45, 2.75) is 38.7 Å². The minimum Gasteiger partial charge on any atom is -0.379 e. The molecule has 2 unspecified atom stereocenters. The summed E-state index contributed by atoms with van der Waals surface area (Å²) in [6.45, 7) is 8.63. The first kappa shape index (κ1) is 18.5. The van der Waals surface area contributed by atoms with Gasteiger partial charge in [-0.15, -0.1) is 0 Å². The number of urea groups is 1. The van der Waals surface area contributed by atoms with Gasteiger partial charge in [-0.25, -0.2) is 4.79 Å². The van der Waals surface area contributed by atoms with Gasteiger partial charge in [0.1, 0.15) is 0 Å². The summed E-state index contributed by atoms with van der Waals surface area (Å²) in [5.74, 6) is 0.649. The maximum absolute atomic E-state index is 12.0. The lowest BCUT2D eigenvalue weighted by atomic mass is 9.88. The summed E-state index contributed by atoms with van der Waals surface area (Å²) < 4.78 is 11.3. The first-order valence-electron chi connectivity index (χ1n) is 9.07. The molecule has 0 spiro atoms. The Morgan fingerprint density at radius 2 is 2.04 bits per heavy atom. The van der Waals surface area contributed by atoms with E-state index in [1.165, 1.54) is 19.3 Å². The van der Waals surface area contributed by atoms with Crippen LogP contribution in [-0.2, 0) is 9.47 Å². The van der Waals surface area contributed by atoms with Gasteiger partial charge in [0.25, 0.3) is 0 Å². The molecular weight excluding hydrogens is 294 g/mol. The first-order chi connectivity index (χ1) is 11.2. The van der Waals surface area contributed by atoms with E-state index in [2.05, 4.69) is 17.1 Å². The number of morpholine rings is 1. The fraction of sp³-hybridized carbons (Fsp3) is 0.941. The molecule has 2 aliphatic rings. The van der Waals surface area contributed by atoms with Crippen molar-refractivity contribution >= 4 is 6.03 Å². The predicted molar refractivity (Wildman–Crippen MR) is 90.7 cm³/mol. The molecule has 1 heterocycles.